The predicted molar refractivity (Wildman–Crippen MR) is 87.5 cm³/mol. The zero-order valence-corrected chi connectivity index (χ0v) is 12.8. The number of amides is 1. The first-order valence-electron chi connectivity index (χ1n) is 6.81. The van der Waals surface area contributed by atoms with E-state index in [9.17, 15) is 4.79 Å². The largest absolute Gasteiger partial charge is 0.352 e. The van der Waals surface area contributed by atoms with Gasteiger partial charge >= 0.3 is 0 Å². The molecule has 3 N–H and O–H groups in total. The second-order valence-electron chi connectivity index (χ2n) is 4.64. The van der Waals surface area contributed by atoms with Gasteiger partial charge in [0.05, 0.1) is 12.1 Å². The molecule has 1 heterocycles. The molecule has 0 saturated heterocycles. The van der Waals surface area contributed by atoms with Crippen molar-refractivity contribution in [2.45, 2.75) is 13.3 Å². The fourth-order valence-electron chi connectivity index (χ4n) is 1.96. The number of aryl methyl sites for hydroxylation is 1. The molecule has 4 heteroatoms. The minimum atomic E-state index is -0.0899. The van der Waals surface area contributed by atoms with Crippen molar-refractivity contribution >= 4 is 17.2 Å². The molecule has 0 atom stereocenters. The lowest BCUT2D eigenvalue weighted by Gasteiger charge is -2.07. The van der Waals surface area contributed by atoms with Crippen LogP contribution in [0.25, 0.3) is 0 Å². The third-order valence-corrected chi connectivity index (χ3v) is 3.92. The topological polar surface area (TPSA) is 55.1 Å². The van der Waals surface area contributed by atoms with E-state index in [1.807, 2.05) is 36.6 Å². The van der Waals surface area contributed by atoms with Crippen molar-refractivity contribution in [3.63, 3.8) is 0 Å². The predicted octanol–water partition coefficient (Wildman–Crippen LogP) is 2.34. The van der Waals surface area contributed by atoms with Crippen LogP contribution < -0.4 is 11.1 Å². The monoisotopic (exact) mass is 298 g/mol. The third kappa shape index (κ3) is 4.45. The highest BCUT2D eigenvalue weighted by molar-refractivity contribution is 7.09. The van der Waals surface area contributed by atoms with Gasteiger partial charge in [-0.25, -0.2) is 0 Å². The molecule has 0 spiro atoms. The average Bonchev–Trinajstić information content (AvgIpc) is 2.98. The minimum Gasteiger partial charge on any atom is -0.352 e. The van der Waals surface area contributed by atoms with Crippen molar-refractivity contribution in [2.24, 2.45) is 5.73 Å². The van der Waals surface area contributed by atoms with E-state index in [0.29, 0.717) is 12.1 Å². The molecule has 21 heavy (non-hydrogen) atoms. The molecule has 0 bridgehead atoms. The highest BCUT2D eigenvalue weighted by Gasteiger charge is 2.10. The summed E-state index contributed by atoms with van der Waals surface area (Å²) in [4.78, 5) is 13.5. The number of carbonyl (C=O) groups is 1. The molecule has 2 aromatic rings. The zero-order valence-electron chi connectivity index (χ0n) is 12.0. The second kappa shape index (κ2) is 7.63. The fraction of sp³-hybridized carbons (Fsp3) is 0.235. The van der Waals surface area contributed by atoms with Crippen molar-refractivity contribution in [1.82, 2.24) is 5.32 Å². The van der Waals surface area contributed by atoms with Gasteiger partial charge in [0.25, 0.3) is 5.91 Å². The Morgan fingerprint density at radius 1 is 1.38 bits per heavy atom. The summed E-state index contributed by atoms with van der Waals surface area (Å²) in [5.74, 6) is 5.68. The van der Waals surface area contributed by atoms with E-state index in [2.05, 4.69) is 23.2 Å². The molecule has 108 valence electrons. The third-order valence-electron chi connectivity index (χ3n) is 2.98. The standard InChI is InChI=1S/C17H18N2OS/c1-13-6-7-16(14(12-13)4-2-9-18)17(20)19-10-8-15-5-3-11-21-15/h3,5-7,11-12H,8-10,18H2,1H3,(H,19,20). The number of nitrogens with one attached hydrogen (secondary N) is 1. The van der Waals surface area contributed by atoms with Gasteiger partial charge in [0.2, 0.25) is 0 Å². The Morgan fingerprint density at radius 2 is 2.24 bits per heavy atom. The summed E-state index contributed by atoms with van der Waals surface area (Å²) >= 11 is 1.70. The van der Waals surface area contributed by atoms with Crippen molar-refractivity contribution < 1.29 is 4.79 Å². The smallest absolute Gasteiger partial charge is 0.252 e. The van der Waals surface area contributed by atoms with Crippen LogP contribution in [0, 0.1) is 18.8 Å². The van der Waals surface area contributed by atoms with Gasteiger partial charge in [-0.3, -0.25) is 4.79 Å². The molecule has 0 radical (unpaired) electrons. The molecule has 1 amide bonds. The first-order chi connectivity index (χ1) is 10.2. The van der Waals surface area contributed by atoms with E-state index in [1.165, 1.54) is 4.88 Å². The van der Waals surface area contributed by atoms with Gasteiger partial charge in [0.15, 0.2) is 0 Å². The number of hydrogen-bond donors (Lipinski definition) is 2. The molecule has 1 aromatic carbocycles. The Morgan fingerprint density at radius 3 is 2.95 bits per heavy atom. The van der Waals surface area contributed by atoms with Crippen LogP contribution in [0.5, 0.6) is 0 Å². The van der Waals surface area contributed by atoms with Crippen LogP contribution in [-0.2, 0) is 6.42 Å². The first-order valence-corrected chi connectivity index (χ1v) is 7.69. The quantitative estimate of drug-likeness (QED) is 0.851. The van der Waals surface area contributed by atoms with E-state index < -0.39 is 0 Å². The Hall–Kier alpha value is -2.09. The van der Waals surface area contributed by atoms with Crippen LogP contribution in [0.4, 0.5) is 0 Å². The van der Waals surface area contributed by atoms with Crippen LogP contribution in [0.1, 0.15) is 26.4 Å². The van der Waals surface area contributed by atoms with Gasteiger partial charge < -0.3 is 11.1 Å². The summed E-state index contributed by atoms with van der Waals surface area (Å²) in [5, 5.41) is 4.98. The van der Waals surface area contributed by atoms with Gasteiger partial charge in [-0.2, -0.15) is 0 Å². The number of nitrogens with two attached hydrogens (primary N) is 1. The molecular formula is C17H18N2OS. The van der Waals surface area contributed by atoms with E-state index in [0.717, 1.165) is 17.5 Å². The van der Waals surface area contributed by atoms with Crippen LogP contribution in [0.2, 0.25) is 0 Å². The summed E-state index contributed by atoms with van der Waals surface area (Å²) in [7, 11) is 0. The molecular weight excluding hydrogens is 280 g/mol. The maximum atomic E-state index is 12.3. The van der Waals surface area contributed by atoms with Gasteiger partial charge in [-0.1, -0.05) is 24.0 Å². The molecule has 0 aliphatic carbocycles. The van der Waals surface area contributed by atoms with Gasteiger partial charge in [0.1, 0.15) is 0 Å². The lowest BCUT2D eigenvalue weighted by atomic mass is 10.0. The summed E-state index contributed by atoms with van der Waals surface area (Å²) in [6.45, 7) is 2.89. The Labute approximate surface area is 129 Å². The maximum Gasteiger partial charge on any atom is 0.252 e. The molecule has 0 fully saturated rings. The normalized spacial score (nSPS) is 9.81. The van der Waals surface area contributed by atoms with Crippen LogP contribution in [-0.4, -0.2) is 19.0 Å². The summed E-state index contributed by atoms with van der Waals surface area (Å²) in [5.41, 5.74) is 7.81. The minimum absolute atomic E-state index is 0.0899. The fourth-order valence-corrected chi connectivity index (χ4v) is 2.66. The number of rotatable bonds is 4. The molecule has 0 unspecified atom stereocenters. The molecule has 0 saturated carbocycles. The summed E-state index contributed by atoms with van der Waals surface area (Å²) in [6.07, 6.45) is 0.846. The van der Waals surface area contributed by atoms with Gasteiger partial charge in [-0.05, 0) is 42.5 Å². The molecule has 1 aromatic heterocycles. The van der Waals surface area contributed by atoms with E-state index in [1.54, 1.807) is 11.3 Å². The summed E-state index contributed by atoms with van der Waals surface area (Å²) in [6, 6.07) is 9.73. The number of thiophene rings is 1. The number of hydrogen-bond acceptors (Lipinski definition) is 3. The molecule has 0 aliphatic rings. The van der Waals surface area contributed by atoms with Crippen molar-refractivity contribution in [2.75, 3.05) is 13.1 Å². The lowest BCUT2D eigenvalue weighted by Crippen LogP contribution is -2.26. The van der Waals surface area contributed by atoms with Gasteiger partial charge in [-0.15, -0.1) is 11.3 Å². The van der Waals surface area contributed by atoms with Crippen molar-refractivity contribution in [3.05, 3.63) is 57.3 Å². The average molecular weight is 298 g/mol. The van der Waals surface area contributed by atoms with E-state index in [4.69, 9.17) is 5.73 Å². The lowest BCUT2D eigenvalue weighted by molar-refractivity contribution is 0.0954. The first kappa shape index (κ1) is 15.3. The highest BCUT2D eigenvalue weighted by Crippen LogP contribution is 2.11. The number of carbonyl (C=O) groups excluding carboxylic acids is 1. The van der Waals surface area contributed by atoms with Crippen LogP contribution in [0.3, 0.4) is 0 Å². The Balaban J connectivity index is 2.04. The van der Waals surface area contributed by atoms with E-state index in [-0.39, 0.29) is 12.5 Å². The Bertz CT molecular complexity index is 666. The van der Waals surface area contributed by atoms with Crippen LogP contribution in [0.15, 0.2) is 35.7 Å². The highest BCUT2D eigenvalue weighted by atomic mass is 32.1. The zero-order chi connectivity index (χ0) is 15.1. The number of benzene rings is 1. The molecule has 3 nitrogen and oxygen atoms in total. The molecule has 2 rings (SSSR count). The van der Waals surface area contributed by atoms with Crippen molar-refractivity contribution in [3.8, 4) is 11.8 Å². The van der Waals surface area contributed by atoms with Gasteiger partial charge in [0, 0.05) is 17.0 Å². The summed E-state index contributed by atoms with van der Waals surface area (Å²) < 4.78 is 0. The van der Waals surface area contributed by atoms with Crippen molar-refractivity contribution in [1.29, 1.82) is 0 Å². The Kier molecular flexibility index (Phi) is 5.56. The second-order valence-corrected chi connectivity index (χ2v) is 5.67. The van der Waals surface area contributed by atoms with E-state index >= 15 is 0 Å². The molecule has 0 aliphatic heterocycles. The van der Waals surface area contributed by atoms with Crippen LogP contribution >= 0.6 is 11.3 Å². The SMILES string of the molecule is Cc1ccc(C(=O)NCCc2cccs2)c(C#CCN)c1. The maximum absolute atomic E-state index is 12.3.